The van der Waals surface area contributed by atoms with Gasteiger partial charge in [0, 0.05) is 38.5 Å². The Labute approximate surface area is 160 Å². The first-order chi connectivity index (χ1) is 13.2. The Balaban J connectivity index is 1.39. The van der Waals surface area contributed by atoms with Crippen molar-refractivity contribution in [3.63, 3.8) is 0 Å². The highest BCUT2D eigenvalue weighted by Crippen LogP contribution is 2.38. The number of ether oxygens (including phenoxy) is 1. The van der Waals surface area contributed by atoms with Crippen molar-refractivity contribution in [1.82, 2.24) is 20.5 Å². The van der Waals surface area contributed by atoms with Crippen molar-refractivity contribution in [3.05, 3.63) is 24.0 Å². The summed E-state index contributed by atoms with van der Waals surface area (Å²) in [5.74, 6) is 0.564. The summed E-state index contributed by atoms with van der Waals surface area (Å²) in [7, 11) is 0. The fourth-order valence-electron chi connectivity index (χ4n) is 4.86. The van der Waals surface area contributed by atoms with Crippen molar-refractivity contribution in [2.24, 2.45) is 5.92 Å². The van der Waals surface area contributed by atoms with Crippen molar-refractivity contribution in [3.8, 4) is 0 Å². The Morgan fingerprint density at radius 3 is 2.93 bits per heavy atom. The molecule has 2 amide bonds. The molecule has 4 rings (SSSR count). The van der Waals surface area contributed by atoms with Crippen LogP contribution in [0, 0.1) is 5.92 Å². The van der Waals surface area contributed by atoms with Gasteiger partial charge in [-0.15, -0.1) is 0 Å². The molecule has 0 radical (unpaired) electrons. The van der Waals surface area contributed by atoms with E-state index in [9.17, 15) is 9.59 Å². The molecule has 0 aliphatic carbocycles. The predicted molar refractivity (Wildman–Crippen MR) is 101 cm³/mol. The Morgan fingerprint density at radius 1 is 1.30 bits per heavy atom. The van der Waals surface area contributed by atoms with Crippen LogP contribution in [0.3, 0.4) is 0 Å². The molecule has 3 fully saturated rings. The van der Waals surface area contributed by atoms with Crippen molar-refractivity contribution in [2.75, 3.05) is 32.8 Å². The highest BCUT2D eigenvalue weighted by Gasteiger charge is 2.52. The molecule has 3 aliphatic rings. The van der Waals surface area contributed by atoms with Gasteiger partial charge in [0.05, 0.1) is 0 Å². The molecule has 0 bridgehead atoms. The van der Waals surface area contributed by atoms with Gasteiger partial charge in [-0.25, -0.2) is 0 Å². The molecule has 0 unspecified atom stereocenters. The highest BCUT2D eigenvalue weighted by molar-refractivity contribution is 5.93. The van der Waals surface area contributed by atoms with Gasteiger partial charge >= 0.3 is 0 Å². The molecule has 0 aromatic carbocycles. The van der Waals surface area contributed by atoms with E-state index in [4.69, 9.17) is 4.74 Å². The predicted octanol–water partition coefficient (Wildman–Crippen LogP) is 1.28. The summed E-state index contributed by atoms with van der Waals surface area (Å²) in [5, 5.41) is 6.35. The Hall–Kier alpha value is -1.86. The Kier molecular flexibility index (Phi) is 5.50. The second kappa shape index (κ2) is 8.02. The summed E-state index contributed by atoms with van der Waals surface area (Å²) < 4.78 is 5.41. The zero-order valence-corrected chi connectivity index (χ0v) is 15.8. The number of nitrogens with one attached hydrogen (secondary N) is 3. The lowest BCUT2D eigenvalue weighted by Gasteiger charge is -2.41. The summed E-state index contributed by atoms with van der Waals surface area (Å²) in [4.78, 5) is 30.9. The van der Waals surface area contributed by atoms with E-state index in [1.165, 1.54) is 0 Å². The molecular weight excluding hydrogens is 344 g/mol. The first-order valence-corrected chi connectivity index (χ1v) is 10.2. The van der Waals surface area contributed by atoms with Gasteiger partial charge in [0.15, 0.2) is 0 Å². The van der Waals surface area contributed by atoms with Gasteiger partial charge in [-0.05, 0) is 63.1 Å². The largest absolute Gasteiger partial charge is 0.381 e. The second-order valence-electron chi connectivity index (χ2n) is 8.16. The van der Waals surface area contributed by atoms with Gasteiger partial charge in [0.1, 0.15) is 11.2 Å². The van der Waals surface area contributed by atoms with E-state index in [0.29, 0.717) is 18.0 Å². The van der Waals surface area contributed by atoms with Gasteiger partial charge in [0.2, 0.25) is 5.91 Å². The lowest BCUT2D eigenvalue weighted by molar-refractivity contribution is -0.134. The van der Waals surface area contributed by atoms with Crippen molar-refractivity contribution in [2.45, 2.75) is 50.1 Å². The van der Waals surface area contributed by atoms with E-state index in [-0.39, 0.29) is 17.9 Å². The van der Waals surface area contributed by atoms with Crippen LogP contribution in [0.25, 0.3) is 0 Å². The molecule has 2 atom stereocenters. The molecular formula is C20H30N4O3. The normalized spacial score (nSPS) is 29.3. The number of H-pyrrole nitrogens is 1. The van der Waals surface area contributed by atoms with Gasteiger partial charge < -0.3 is 20.4 Å². The number of fused-ring (bicyclic) bond motifs is 1. The fourth-order valence-corrected chi connectivity index (χ4v) is 4.86. The SMILES string of the molecule is O=C(N[C@@H]1CN2CCCC[C@@]2(C(=O)NCC2CCOCC2)C1)c1ccc[nH]1. The molecule has 7 heteroatoms. The lowest BCUT2D eigenvalue weighted by atomic mass is 9.84. The molecule has 3 N–H and O–H groups in total. The van der Waals surface area contributed by atoms with Crippen LogP contribution >= 0.6 is 0 Å². The number of nitrogens with zero attached hydrogens (tertiary/aromatic N) is 1. The van der Waals surface area contributed by atoms with E-state index in [1.807, 2.05) is 6.07 Å². The van der Waals surface area contributed by atoms with Crippen LogP contribution in [-0.4, -0.2) is 66.1 Å². The van der Waals surface area contributed by atoms with Crippen LogP contribution in [0.1, 0.15) is 49.0 Å². The lowest BCUT2D eigenvalue weighted by Crippen LogP contribution is -2.58. The summed E-state index contributed by atoms with van der Waals surface area (Å²) in [6.07, 6.45) is 7.54. The molecule has 1 aromatic heterocycles. The van der Waals surface area contributed by atoms with Crippen LogP contribution in [0.5, 0.6) is 0 Å². The minimum absolute atomic E-state index is 0.00716. The summed E-state index contributed by atoms with van der Waals surface area (Å²) in [6, 6.07) is 3.60. The van der Waals surface area contributed by atoms with Crippen LogP contribution in [0.4, 0.5) is 0 Å². The minimum atomic E-state index is -0.461. The Morgan fingerprint density at radius 2 is 2.15 bits per heavy atom. The van der Waals surface area contributed by atoms with Gasteiger partial charge in [-0.1, -0.05) is 0 Å². The smallest absolute Gasteiger partial charge is 0.267 e. The van der Waals surface area contributed by atoms with Crippen molar-refractivity contribution < 1.29 is 14.3 Å². The Bertz CT molecular complexity index is 656. The molecule has 148 valence electrons. The first kappa shape index (κ1) is 18.5. The average molecular weight is 374 g/mol. The topological polar surface area (TPSA) is 86.5 Å². The third kappa shape index (κ3) is 3.89. The maximum Gasteiger partial charge on any atom is 0.267 e. The molecule has 3 saturated heterocycles. The number of carbonyl (C=O) groups excluding carboxylic acids is 2. The van der Waals surface area contributed by atoms with Crippen LogP contribution in [0.15, 0.2) is 18.3 Å². The van der Waals surface area contributed by atoms with Gasteiger partial charge in [0.25, 0.3) is 5.91 Å². The molecule has 1 aromatic rings. The molecule has 4 heterocycles. The number of aromatic nitrogens is 1. The number of hydrogen-bond donors (Lipinski definition) is 3. The van der Waals surface area contributed by atoms with Gasteiger partial charge in [-0.2, -0.15) is 0 Å². The maximum absolute atomic E-state index is 13.2. The zero-order chi connectivity index (χ0) is 18.7. The molecule has 3 aliphatic heterocycles. The van der Waals surface area contributed by atoms with Crippen molar-refractivity contribution in [1.29, 1.82) is 0 Å². The summed E-state index contributed by atoms with van der Waals surface area (Å²) in [5.41, 5.74) is 0.106. The highest BCUT2D eigenvalue weighted by atomic mass is 16.5. The molecule has 0 spiro atoms. The molecule has 7 nitrogen and oxygen atoms in total. The third-order valence-electron chi connectivity index (χ3n) is 6.39. The summed E-state index contributed by atoms with van der Waals surface area (Å²) >= 11 is 0. The van der Waals surface area contributed by atoms with E-state index in [0.717, 1.165) is 65.0 Å². The number of rotatable bonds is 5. The minimum Gasteiger partial charge on any atom is -0.381 e. The standard InChI is InChI=1S/C20H30N4O3/c25-18(17-4-3-8-21-17)23-16-12-20(7-1-2-9-24(20)14-16)19(26)22-13-15-5-10-27-11-6-15/h3-4,8,15-16,21H,1-2,5-7,9-14H2,(H,22,26)(H,23,25)/t16-,20-/m0/s1. The monoisotopic (exact) mass is 374 g/mol. The maximum atomic E-state index is 13.2. The molecule has 27 heavy (non-hydrogen) atoms. The van der Waals surface area contributed by atoms with Crippen LogP contribution in [0.2, 0.25) is 0 Å². The fraction of sp³-hybridized carbons (Fsp3) is 0.700. The number of hydrogen-bond acceptors (Lipinski definition) is 4. The van der Waals surface area contributed by atoms with Crippen molar-refractivity contribution >= 4 is 11.8 Å². The van der Waals surface area contributed by atoms with Crippen LogP contribution < -0.4 is 10.6 Å². The quantitative estimate of drug-likeness (QED) is 0.725. The number of amides is 2. The third-order valence-corrected chi connectivity index (χ3v) is 6.39. The number of piperidine rings is 1. The van der Waals surface area contributed by atoms with Gasteiger partial charge in [-0.3, -0.25) is 14.5 Å². The second-order valence-corrected chi connectivity index (χ2v) is 8.16. The van der Waals surface area contributed by atoms with E-state index < -0.39 is 5.54 Å². The average Bonchev–Trinajstić information content (AvgIpc) is 3.35. The summed E-state index contributed by atoms with van der Waals surface area (Å²) in [6.45, 7) is 4.00. The first-order valence-electron chi connectivity index (χ1n) is 10.2. The van der Waals surface area contributed by atoms with E-state index in [2.05, 4.69) is 20.5 Å². The van der Waals surface area contributed by atoms with E-state index in [1.54, 1.807) is 12.3 Å². The number of aromatic amines is 1. The molecule has 0 saturated carbocycles. The van der Waals surface area contributed by atoms with E-state index >= 15 is 0 Å². The number of carbonyl (C=O) groups is 2. The van der Waals surface area contributed by atoms with Crippen LogP contribution in [-0.2, 0) is 9.53 Å². The zero-order valence-electron chi connectivity index (χ0n) is 15.8.